The van der Waals surface area contributed by atoms with Gasteiger partial charge in [-0.1, -0.05) is 0 Å². The highest BCUT2D eigenvalue weighted by Crippen LogP contribution is 2.28. The number of allylic oxidation sites excluding steroid dienone is 1. The maximum absolute atomic E-state index is 12.7. The SMILES string of the molecule is CCOC(=O)CCCOc1cc(C=CC(=O)c2cc(OC)ccc2OC)ncc1OC. The standard InChI is InChI=1S/C23H27NO7/c1-5-30-23(26)7-6-12-31-21-13-16(24-15-22(21)29-4)8-10-19(25)18-14-17(27-2)9-11-20(18)28-3/h8-11,13-15H,5-7,12H2,1-4H3. The van der Waals surface area contributed by atoms with E-state index in [-0.39, 0.29) is 18.2 Å². The number of esters is 1. The van der Waals surface area contributed by atoms with Crippen LogP contribution in [0.15, 0.2) is 36.5 Å². The molecule has 8 nitrogen and oxygen atoms in total. The molecule has 0 saturated heterocycles. The molecule has 0 bridgehead atoms. The molecule has 0 aliphatic rings. The summed E-state index contributed by atoms with van der Waals surface area (Å²) in [5, 5.41) is 0. The van der Waals surface area contributed by atoms with Gasteiger partial charge in [-0.3, -0.25) is 14.6 Å². The van der Waals surface area contributed by atoms with E-state index in [1.165, 1.54) is 33.6 Å². The summed E-state index contributed by atoms with van der Waals surface area (Å²) >= 11 is 0. The molecule has 1 heterocycles. The van der Waals surface area contributed by atoms with Gasteiger partial charge in [-0.2, -0.15) is 0 Å². The quantitative estimate of drug-likeness (QED) is 0.218. The Kier molecular flexibility index (Phi) is 9.35. The number of rotatable bonds is 12. The van der Waals surface area contributed by atoms with Crippen molar-refractivity contribution in [2.45, 2.75) is 19.8 Å². The van der Waals surface area contributed by atoms with Gasteiger partial charge in [0.2, 0.25) is 0 Å². The van der Waals surface area contributed by atoms with Crippen LogP contribution in [-0.4, -0.2) is 51.3 Å². The number of carbonyl (C=O) groups excluding carboxylic acids is 2. The molecule has 2 rings (SSSR count). The molecule has 0 atom stereocenters. The zero-order valence-electron chi connectivity index (χ0n) is 18.2. The van der Waals surface area contributed by atoms with Gasteiger partial charge in [0.05, 0.1) is 52.0 Å². The van der Waals surface area contributed by atoms with E-state index in [9.17, 15) is 9.59 Å². The van der Waals surface area contributed by atoms with Crippen molar-refractivity contribution in [2.24, 2.45) is 0 Å². The van der Waals surface area contributed by atoms with Crippen LogP contribution in [0.4, 0.5) is 0 Å². The molecule has 31 heavy (non-hydrogen) atoms. The monoisotopic (exact) mass is 429 g/mol. The number of nitrogens with zero attached hydrogens (tertiary/aromatic N) is 1. The number of hydrogen-bond acceptors (Lipinski definition) is 8. The average molecular weight is 429 g/mol. The highest BCUT2D eigenvalue weighted by Gasteiger charge is 2.12. The third kappa shape index (κ3) is 7.02. The highest BCUT2D eigenvalue weighted by atomic mass is 16.5. The van der Waals surface area contributed by atoms with Crippen LogP contribution >= 0.6 is 0 Å². The van der Waals surface area contributed by atoms with Crippen molar-refractivity contribution in [2.75, 3.05) is 34.5 Å². The second kappa shape index (κ2) is 12.2. The van der Waals surface area contributed by atoms with Crippen LogP contribution in [0.1, 0.15) is 35.8 Å². The third-order valence-corrected chi connectivity index (χ3v) is 4.24. The van der Waals surface area contributed by atoms with Crippen LogP contribution in [-0.2, 0) is 9.53 Å². The normalized spacial score (nSPS) is 10.6. The minimum Gasteiger partial charge on any atom is -0.497 e. The summed E-state index contributed by atoms with van der Waals surface area (Å²) in [6.45, 7) is 2.43. The maximum Gasteiger partial charge on any atom is 0.305 e. The van der Waals surface area contributed by atoms with E-state index in [0.717, 1.165) is 0 Å². The number of ketones is 1. The van der Waals surface area contributed by atoms with E-state index in [1.54, 1.807) is 37.3 Å². The zero-order valence-corrected chi connectivity index (χ0v) is 18.2. The number of hydrogen-bond donors (Lipinski definition) is 0. The van der Waals surface area contributed by atoms with E-state index in [1.807, 2.05) is 0 Å². The molecule has 0 aliphatic carbocycles. The van der Waals surface area contributed by atoms with Crippen molar-refractivity contribution < 1.29 is 33.3 Å². The predicted octanol–water partition coefficient (Wildman–Crippen LogP) is 3.73. The Morgan fingerprint density at radius 3 is 2.45 bits per heavy atom. The lowest BCUT2D eigenvalue weighted by Crippen LogP contribution is -2.07. The molecule has 0 radical (unpaired) electrons. The third-order valence-electron chi connectivity index (χ3n) is 4.24. The molecular formula is C23H27NO7. The van der Waals surface area contributed by atoms with Gasteiger partial charge in [0.25, 0.3) is 0 Å². The smallest absolute Gasteiger partial charge is 0.305 e. The van der Waals surface area contributed by atoms with E-state index >= 15 is 0 Å². The first-order valence-electron chi connectivity index (χ1n) is 9.79. The Balaban J connectivity index is 2.09. The molecule has 0 fully saturated rings. The first-order chi connectivity index (χ1) is 15.0. The molecule has 8 heteroatoms. The summed E-state index contributed by atoms with van der Waals surface area (Å²) in [6.07, 6.45) is 5.26. The Labute approximate surface area is 181 Å². The van der Waals surface area contributed by atoms with Gasteiger partial charge in [-0.15, -0.1) is 0 Å². The van der Waals surface area contributed by atoms with Crippen LogP contribution in [0.3, 0.4) is 0 Å². The average Bonchev–Trinajstić information content (AvgIpc) is 2.80. The van der Waals surface area contributed by atoms with Gasteiger partial charge in [0, 0.05) is 12.5 Å². The number of carbonyl (C=O) groups is 2. The molecule has 1 aromatic carbocycles. The molecule has 0 aliphatic heterocycles. The number of aromatic nitrogens is 1. The van der Waals surface area contributed by atoms with Crippen molar-refractivity contribution in [3.63, 3.8) is 0 Å². The van der Waals surface area contributed by atoms with Crippen molar-refractivity contribution >= 4 is 17.8 Å². The Bertz CT molecular complexity index is 924. The van der Waals surface area contributed by atoms with Crippen LogP contribution < -0.4 is 18.9 Å². The van der Waals surface area contributed by atoms with E-state index in [0.29, 0.717) is 53.9 Å². The van der Waals surface area contributed by atoms with Crippen molar-refractivity contribution in [1.82, 2.24) is 4.98 Å². The van der Waals surface area contributed by atoms with Gasteiger partial charge in [-0.05, 0) is 43.7 Å². The number of ether oxygens (including phenoxy) is 5. The summed E-state index contributed by atoms with van der Waals surface area (Å²) in [4.78, 5) is 28.3. The first kappa shape index (κ1) is 23.7. The van der Waals surface area contributed by atoms with E-state index < -0.39 is 0 Å². The lowest BCUT2D eigenvalue weighted by Gasteiger charge is -2.11. The molecule has 0 amide bonds. The summed E-state index contributed by atoms with van der Waals surface area (Å²) in [7, 11) is 4.54. The molecule has 166 valence electrons. The maximum atomic E-state index is 12.7. The number of methoxy groups -OCH3 is 3. The molecule has 0 saturated carbocycles. The molecular weight excluding hydrogens is 402 g/mol. The van der Waals surface area contributed by atoms with Crippen LogP contribution in [0.25, 0.3) is 6.08 Å². The van der Waals surface area contributed by atoms with Gasteiger partial charge in [0.1, 0.15) is 11.5 Å². The summed E-state index contributed by atoms with van der Waals surface area (Å²) in [5.41, 5.74) is 0.887. The van der Waals surface area contributed by atoms with Crippen LogP contribution in [0, 0.1) is 0 Å². The van der Waals surface area contributed by atoms with E-state index in [2.05, 4.69) is 4.98 Å². The predicted molar refractivity (Wildman–Crippen MR) is 115 cm³/mol. The molecule has 0 unspecified atom stereocenters. The number of pyridine rings is 1. The number of benzene rings is 1. The topological polar surface area (TPSA) is 93.2 Å². The van der Waals surface area contributed by atoms with Gasteiger partial charge < -0.3 is 23.7 Å². The zero-order chi connectivity index (χ0) is 22.6. The van der Waals surface area contributed by atoms with E-state index in [4.69, 9.17) is 23.7 Å². The Morgan fingerprint density at radius 2 is 1.77 bits per heavy atom. The molecule has 0 N–H and O–H groups in total. The fourth-order valence-electron chi connectivity index (χ4n) is 2.69. The van der Waals surface area contributed by atoms with Crippen LogP contribution in [0.5, 0.6) is 23.0 Å². The minimum atomic E-state index is -0.261. The van der Waals surface area contributed by atoms with Gasteiger partial charge in [0.15, 0.2) is 17.3 Å². The Morgan fingerprint density at radius 1 is 1.00 bits per heavy atom. The lowest BCUT2D eigenvalue weighted by molar-refractivity contribution is -0.143. The van der Waals surface area contributed by atoms with Gasteiger partial charge in [-0.25, -0.2) is 0 Å². The molecule has 1 aromatic heterocycles. The summed E-state index contributed by atoms with van der Waals surface area (Å²) in [5.74, 6) is 1.40. The molecule has 2 aromatic rings. The largest absolute Gasteiger partial charge is 0.497 e. The summed E-state index contributed by atoms with van der Waals surface area (Å²) < 4.78 is 26.3. The molecule has 0 spiro atoms. The Hall–Kier alpha value is -3.55. The highest BCUT2D eigenvalue weighted by molar-refractivity contribution is 6.08. The second-order valence-corrected chi connectivity index (χ2v) is 6.28. The van der Waals surface area contributed by atoms with Crippen molar-refractivity contribution in [3.8, 4) is 23.0 Å². The first-order valence-corrected chi connectivity index (χ1v) is 9.79. The van der Waals surface area contributed by atoms with Crippen molar-refractivity contribution in [1.29, 1.82) is 0 Å². The fraction of sp³-hybridized carbons (Fsp3) is 0.348. The van der Waals surface area contributed by atoms with Gasteiger partial charge >= 0.3 is 5.97 Å². The second-order valence-electron chi connectivity index (χ2n) is 6.28. The lowest BCUT2D eigenvalue weighted by atomic mass is 10.1. The van der Waals surface area contributed by atoms with Crippen LogP contribution in [0.2, 0.25) is 0 Å². The fourth-order valence-corrected chi connectivity index (χ4v) is 2.69. The van der Waals surface area contributed by atoms with Crippen molar-refractivity contribution in [3.05, 3.63) is 47.8 Å². The minimum absolute atomic E-state index is 0.259. The summed E-state index contributed by atoms with van der Waals surface area (Å²) in [6, 6.07) is 6.67.